The van der Waals surface area contributed by atoms with Crippen LogP contribution in [-0.4, -0.2) is 37.0 Å². The zero-order chi connectivity index (χ0) is 17.6. The molecule has 1 heterocycles. The van der Waals surface area contributed by atoms with Crippen molar-refractivity contribution < 1.29 is 13.2 Å². The van der Waals surface area contributed by atoms with Gasteiger partial charge in [-0.3, -0.25) is 14.5 Å². The van der Waals surface area contributed by atoms with Crippen molar-refractivity contribution in [2.45, 2.75) is 19.9 Å². The average molecular weight is 347 g/mol. The van der Waals surface area contributed by atoms with Crippen molar-refractivity contribution in [3.63, 3.8) is 0 Å². The number of nitrogens with one attached hydrogen (secondary N) is 1. The molecule has 0 bridgehead atoms. The van der Waals surface area contributed by atoms with Gasteiger partial charge in [-0.05, 0) is 36.2 Å². The highest BCUT2D eigenvalue weighted by Crippen LogP contribution is 2.15. The molecule has 0 saturated carbocycles. The molecule has 2 aromatic rings. The van der Waals surface area contributed by atoms with Crippen LogP contribution in [0.25, 0.3) is 0 Å². The number of nitrogens with zero attached hydrogens (tertiary/aromatic N) is 2. The first-order valence-corrected chi connectivity index (χ1v) is 9.31. The van der Waals surface area contributed by atoms with Crippen molar-refractivity contribution in [2.75, 3.05) is 17.5 Å². The molecule has 0 saturated heterocycles. The van der Waals surface area contributed by atoms with Crippen LogP contribution in [0.1, 0.15) is 29.3 Å². The van der Waals surface area contributed by atoms with Gasteiger partial charge >= 0.3 is 0 Å². The molecular weight excluding hydrogens is 326 g/mol. The number of benzene rings is 1. The lowest BCUT2D eigenvalue weighted by Crippen LogP contribution is -2.26. The molecule has 2 rings (SSSR count). The Kier molecular flexibility index (Phi) is 5.92. The monoisotopic (exact) mass is 347 g/mol. The van der Waals surface area contributed by atoms with E-state index >= 15 is 0 Å². The summed E-state index contributed by atoms with van der Waals surface area (Å²) in [6.45, 7) is 2.23. The van der Waals surface area contributed by atoms with Crippen LogP contribution >= 0.6 is 0 Å². The van der Waals surface area contributed by atoms with E-state index in [0.29, 0.717) is 24.2 Å². The number of pyridine rings is 1. The van der Waals surface area contributed by atoms with E-state index in [4.69, 9.17) is 0 Å². The van der Waals surface area contributed by atoms with Gasteiger partial charge in [-0.15, -0.1) is 0 Å². The van der Waals surface area contributed by atoms with Crippen LogP contribution in [-0.2, 0) is 16.6 Å². The second-order valence-corrected chi connectivity index (χ2v) is 7.37. The van der Waals surface area contributed by atoms with Gasteiger partial charge in [-0.25, -0.2) is 8.42 Å². The molecule has 0 unspecified atom stereocenters. The number of amides is 1. The molecule has 1 aromatic heterocycles. The Balaban J connectivity index is 2.11. The minimum absolute atomic E-state index is 0.0477. The lowest BCUT2D eigenvalue weighted by atomic mass is 10.1. The quantitative estimate of drug-likeness (QED) is 0.834. The van der Waals surface area contributed by atoms with E-state index in [9.17, 15) is 13.2 Å². The molecule has 0 aliphatic carbocycles. The van der Waals surface area contributed by atoms with Crippen molar-refractivity contribution in [3.05, 3.63) is 59.9 Å². The maximum Gasteiger partial charge on any atom is 0.253 e. The summed E-state index contributed by atoms with van der Waals surface area (Å²) in [5.41, 5.74) is 1.75. The molecule has 0 aliphatic heterocycles. The smallest absolute Gasteiger partial charge is 0.253 e. The molecule has 24 heavy (non-hydrogen) atoms. The third-order valence-corrected chi connectivity index (χ3v) is 4.84. The molecule has 0 atom stereocenters. The predicted octanol–water partition coefficient (Wildman–Crippen LogP) is 2.51. The Bertz CT molecular complexity index is 792. The van der Waals surface area contributed by atoms with Gasteiger partial charge in [-0.2, -0.15) is 0 Å². The van der Waals surface area contributed by atoms with Crippen LogP contribution in [0.4, 0.5) is 5.69 Å². The van der Waals surface area contributed by atoms with Crippen LogP contribution in [0.5, 0.6) is 0 Å². The first-order chi connectivity index (χ1) is 11.4. The zero-order valence-corrected chi connectivity index (χ0v) is 14.6. The Morgan fingerprint density at radius 3 is 2.71 bits per heavy atom. The number of aromatic nitrogens is 1. The van der Waals surface area contributed by atoms with E-state index in [1.165, 1.54) is 0 Å². The molecule has 0 aliphatic rings. The fourth-order valence-corrected chi connectivity index (χ4v) is 3.40. The van der Waals surface area contributed by atoms with Gasteiger partial charge in [0.2, 0.25) is 10.0 Å². The third kappa shape index (κ3) is 5.06. The molecule has 128 valence electrons. The number of carbonyl (C=O) groups excluding carboxylic acids is 1. The van der Waals surface area contributed by atoms with Gasteiger partial charge in [0.05, 0.1) is 5.75 Å². The summed E-state index contributed by atoms with van der Waals surface area (Å²) in [5, 5.41) is 0. The van der Waals surface area contributed by atoms with Crippen LogP contribution in [0.15, 0.2) is 48.8 Å². The largest absolute Gasteiger partial charge is 0.337 e. The van der Waals surface area contributed by atoms with Gasteiger partial charge in [-0.1, -0.05) is 19.1 Å². The number of rotatable bonds is 7. The van der Waals surface area contributed by atoms with Crippen LogP contribution in [0, 0.1) is 0 Å². The fraction of sp³-hybridized carbons (Fsp3) is 0.294. The number of sulfonamides is 1. The topological polar surface area (TPSA) is 79.4 Å². The highest BCUT2D eigenvalue weighted by molar-refractivity contribution is 7.92. The van der Waals surface area contributed by atoms with Gasteiger partial charge in [0, 0.05) is 37.2 Å². The fourth-order valence-electron chi connectivity index (χ4n) is 2.27. The molecule has 7 heteroatoms. The molecule has 1 amide bonds. The van der Waals surface area contributed by atoms with E-state index in [0.717, 1.165) is 5.56 Å². The van der Waals surface area contributed by atoms with Crippen molar-refractivity contribution in [1.82, 2.24) is 9.88 Å². The summed E-state index contributed by atoms with van der Waals surface area (Å²) in [6, 6.07) is 10.2. The molecule has 1 N–H and O–H groups in total. The number of carbonyl (C=O) groups is 1. The molecule has 0 fully saturated rings. The molecule has 0 radical (unpaired) electrons. The molecule has 0 spiro atoms. The molecular formula is C17H21N3O3S. The minimum atomic E-state index is -3.38. The van der Waals surface area contributed by atoms with Crippen LogP contribution in [0.3, 0.4) is 0 Å². The van der Waals surface area contributed by atoms with Crippen molar-refractivity contribution >= 4 is 21.6 Å². The van der Waals surface area contributed by atoms with Gasteiger partial charge in [0.1, 0.15) is 0 Å². The average Bonchev–Trinajstić information content (AvgIpc) is 2.54. The zero-order valence-electron chi connectivity index (χ0n) is 13.8. The maximum absolute atomic E-state index is 12.5. The van der Waals surface area contributed by atoms with Crippen molar-refractivity contribution in [1.29, 1.82) is 0 Å². The highest BCUT2D eigenvalue weighted by atomic mass is 32.2. The number of anilines is 1. The van der Waals surface area contributed by atoms with E-state index < -0.39 is 10.0 Å². The summed E-state index contributed by atoms with van der Waals surface area (Å²) < 4.78 is 26.2. The predicted molar refractivity (Wildman–Crippen MR) is 94.2 cm³/mol. The second-order valence-electron chi connectivity index (χ2n) is 5.52. The Morgan fingerprint density at radius 2 is 2.04 bits per heavy atom. The lowest BCUT2D eigenvalue weighted by Gasteiger charge is -2.17. The van der Waals surface area contributed by atoms with Crippen LogP contribution < -0.4 is 4.72 Å². The van der Waals surface area contributed by atoms with E-state index in [-0.39, 0.29) is 11.7 Å². The third-order valence-electron chi connectivity index (χ3n) is 3.34. The minimum Gasteiger partial charge on any atom is -0.337 e. The first kappa shape index (κ1) is 17.9. The number of hydrogen-bond donors (Lipinski definition) is 1. The summed E-state index contributed by atoms with van der Waals surface area (Å²) in [5.74, 6) is -0.137. The Labute approximate surface area is 142 Å². The van der Waals surface area contributed by atoms with E-state index in [1.807, 2.05) is 12.1 Å². The summed E-state index contributed by atoms with van der Waals surface area (Å²) >= 11 is 0. The van der Waals surface area contributed by atoms with Gasteiger partial charge < -0.3 is 4.90 Å². The Hall–Kier alpha value is -2.41. The highest BCUT2D eigenvalue weighted by Gasteiger charge is 2.14. The normalized spacial score (nSPS) is 11.1. The number of hydrogen-bond acceptors (Lipinski definition) is 4. The van der Waals surface area contributed by atoms with Crippen molar-refractivity contribution in [3.8, 4) is 0 Å². The van der Waals surface area contributed by atoms with E-state index in [1.54, 1.807) is 55.5 Å². The molecule has 1 aromatic carbocycles. The Morgan fingerprint density at radius 1 is 1.25 bits per heavy atom. The van der Waals surface area contributed by atoms with Gasteiger partial charge in [0.15, 0.2) is 0 Å². The maximum atomic E-state index is 12.5. The van der Waals surface area contributed by atoms with Crippen molar-refractivity contribution in [2.24, 2.45) is 0 Å². The van der Waals surface area contributed by atoms with E-state index in [2.05, 4.69) is 9.71 Å². The lowest BCUT2D eigenvalue weighted by molar-refractivity contribution is 0.0785. The second kappa shape index (κ2) is 7.92. The summed E-state index contributed by atoms with van der Waals surface area (Å²) in [4.78, 5) is 18.1. The summed E-state index contributed by atoms with van der Waals surface area (Å²) in [6.07, 6.45) is 3.91. The summed E-state index contributed by atoms with van der Waals surface area (Å²) in [7, 11) is -1.68. The van der Waals surface area contributed by atoms with Crippen LogP contribution in [0.2, 0.25) is 0 Å². The molecule has 6 nitrogen and oxygen atoms in total. The standard InChI is InChI=1S/C17H21N3O3S/c1-3-10-24(22,23)19-16-8-4-7-15(11-16)17(21)20(2)13-14-6-5-9-18-12-14/h4-9,11-12,19H,3,10,13H2,1-2H3. The SMILES string of the molecule is CCCS(=O)(=O)Nc1cccc(C(=O)N(C)Cc2cccnc2)c1. The van der Waals surface area contributed by atoms with Gasteiger partial charge in [0.25, 0.3) is 5.91 Å². The first-order valence-electron chi connectivity index (χ1n) is 7.66.